The molecular weight excluding hydrogens is 277 g/mol. The second kappa shape index (κ2) is 7.38. The highest BCUT2D eigenvalue weighted by atomic mass is 19.2. The highest BCUT2D eigenvalue weighted by molar-refractivity contribution is 5.27. The minimum atomic E-state index is -2.13. The summed E-state index contributed by atoms with van der Waals surface area (Å²) in [5.41, 5.74) is -0.799. The van der Waals surface area contributed by atoms with Crippen LogP contribution in [0.4, 0.5) is 22.0 Å². The summed E-state index contributed by atoms with van der Waals surface area (Å²) in [5.74, 6) is -9.50. The lowest BCUT2D eigenvalue weighted by Crippen LogP contribution is -2.24. The van der Waals surface area contributed by atoms with E-state index in [-0.39, 0.29) is 6.42 Å². The molecule has 20 heavy (non-hydrogen) atoms. The largest absolute Gasteiger partial charge is 0.310 e. The fourth-order valence-corrected chi connectivity index (χ4v) is 1.99. The van der Waals surface area contributed by atoms with Crippen LogP contribution in [0.1, 0.15) is 37.8 Å². The quantitative estimate of drug-likeness (QED) is 0.258. The SMILES string of the molecule is C=CCCCC(NCC)c1c(F)c(F)c(F)c(F)c1F. The van der Waals surface area contributed by atoms with Gasteiger partial charge in [-0.05, 0) is 25.8 Å². The van der Waals surface area contributed by atoms with Crippen molar-refractivity contribution < 1.29 is 22.0 Å². The van der Waals surface area contributed by atoms with Gasteiger partial charge in [0.25, 0.3) is 0 Å². The molecule has 0 spiro atoms. The van der Waals surface area contributed by atoms with Crippen LogP contribution in [-0.4, -0.2) is 6.54 Å². The molecule has 0 aromatic heterocycles. The van der Waals surface area contributed by atoms with Crippen molar-refractivity contribution in [1.82, 2.24) is 5.32 Å². The molecule has 1 aromatic rings. The van der Waals surface area contributed by atoms with Crippen molar-refractivity contribution in [2.24, 2.45) is 0 Å². The molecule has 1 N–H and O–H groups in total. The number of unbranched alkanes of at least 4 members (excludes halogenated alkanes) is 1. The molecule has 1 atom stereocenters. The molecule has 0 bridgehead atoms. The summed E-state index contributed by atoms with van der Waals surface area (Å²) in [6.07, 6.45) is 3.00. The zero-order valence-electron chi connectivity index (χ0n) is 11.1. The maximum atomic E-state index is 13.7. The normalized spacial score (nSPS) is 12.5. The summed E-state index contributed by atoms with van der Waals surface area (Å²) in [5, 5.41) is 2.74. The van der Waals surface area contributed by atoms with E-state index in [0.29, 0.717) is 19.4 Å². The molecule has 0 fully saturated rings. The van der Waals surface area contributed by atoms with Gasteiger partial charge in [-0.3, -0.25) is 0 Å². The molecule has 1 nitrogen and oxygen atoms in total. The third kappa shape index (κ3) is 3.36. The number of halogens is 5. The highest BCUT2D eigenvalue weighted by Gasteiger charge is 2.29. The third-order valence-corrected chi connectivity index (χ3v) is 2.94. The van der Waals surface area contributed by atoms with Crippen molar-refractivity contribution in [3.05, 3.63) is 47.3 Å². The molecule has 0 heterocycles. The zero-order chi connectivity index (χ0) is 15.3. The predicted octanol–water partition coefficient (Wildman–Crippen LogP) is 4.39. The zero-order valence-corrected chi connectivity index (χ0v) is 11.1. The van der Waals surface area contributed by atoms with E-state index >= 15 is 0 Å². The molecule has 1 aromatic carbocycles. The molecule has 0 aliphatic rings. The molecule has 112 valence electrons. The lowest BCUT2D eigenvalue weighted by Gasteiger charge is -2.20. The Bertz CT molecular complexity index is 458. The molecule has 0 saturated carbocycles. The minimum absolute atomic E-state index is 0.248. The lowest BCUT2D eigenvalue weighted by molar-refractivity contribution is 0.351. The Balaban J connectivity index is 3.21. The number of nitrogens with one attached hydrogen (secondary N) is 1. The summed E-state index contributed by atoms with van der Waals surface area (Å²) < 4.78 is 66.8. The highest BCUT2D eigenvalue weighted by Crippen LogP contribution is 2.30. The Hall–Kier alpha value is -1.43. The molecule has 1 rings (SSSR count). The number of rotatable bonds is 7. The number of hydrogen-bond acceptors (Lipinski definition) is 1. The van der Waals surface area contributed by atoms with Gasteiger partial charge in [0, 0.05) is 11.6 Å². The van der Waals surface area contributed by atoms with Gasteiger partial charge in [-0.2, -0.15) is 0 Å². The van der Waals surface area contributed by atoms with Crippen LogP contribution in [0.15, 0.2) is 12.7 Å². The van der Waals surface area contributed by atoms with Gasteiger partial charge in [-0.1, -0.05) is 13.0 Å². The Kier molecular flexibility index (Phi) is 6.13. The Morgan fingerprint density at radius 3 is 1.95 bits per heavy atom. The summed E-state index contributed by atoms with van der Waals surface area (Å²) in [6.45, 7) is 5.55. The van der Waals surface area contributed by atoms with Gasteiger partial charge in [-0.25, -0.2) is 22.0 Å². The van der Waals surface area contributed by atoms with Crippen LogP contribution in [0.25, 0.3) is 0 Å². The maximum Gasteiger partial charge on any atom is 0.200 e. The molecule has 0 amide bonds. The first-order valence-electron chi connectivity index (χ1n) is 6.31. The van der Waals surface area contributed by atoms with E-state index in [1.54, 1.807) is 13.0 Å². The minimum Gasteiger partial charge on any atom is -0.310 e. The molecule has 6 heteroatoms. The number of allylic oxidation sites excluding steroid dienone is 1. The summed E-state index contributed by atoms with van der Waals surface area (Å²) >= 11 is 0. The smallest absolute Gasteiger partial charge is 0.200 e. The van der Waals surface area contributed by atoms with Crippen LogP contribution in [-0.2, 0) is 0 Å². The van der Waals surface area contributed by atoms with Crippen molar-refractivity contribution in [2.45, 2.75) is 32.2 Å². The standard InChI is InChI=1S/C14H16F5N/c1-3-5-6-7-8(20-4-2)9-10(15)12(17)14(19)13(18)11(9)16/h3,8,20H,1,4-7H2,2H3. The Morgan fingerprint density at radius 2 is 1.50 bits per heavy atom. The summed E-state index contributed by atoms with van der Waals surface area (Å²) in [6, 6.07) is -0.926. The van der Waals surface area contributed by atoms with E-state index in [0.717, 1.165) is 0 Å². The monoisotopic (exact) mass is 293 g/mol. The molecular formula is C14H16F5N. The van der Waals surface area contributed by atoms with Gasteiger partial charge in [0.1, 0.15) is 0 Å². The second-order valence-corrected chi connectivity index (χ2v) is 4.31. The summed E-state index contributed by atoms with van der Waals surface area (Å²) in [4.78, 5) is 0. The number of hydrogen-bond donors (Lipinski definition) is 1. The van der Waals surface area contributed by atoms with E-state index in [2.05, 4.69) is 11.9 Å². The van der Waals surface area contributed by atoms with Gasteiger partial charge in [0.05, 0.1) is 0 Å². The van der Waals surface area contributed by atoms with Gasteiger partial charge < -0.3 is 5.32 Å². The maximum absolute atomic E-state index is 13.7. The van der Waals surface area contributed by atoms with Gasteiger partial charge in [0.15, 0.2) is 23.3 Å². The van der Waals surface area contributed by atoms with Gasteiger partial charge in [0.2, 0.25) is 5.82 Å². The molecule has 0 radical (unpaired) electrons. The van der Waals surface area contributed by atoms with Gasteiger partial charge in [-0.15, -0.1) is 6.58 Å². The Labute approximate surface area is 114 Å². The van der Waals surface area contributed by atoms with Crippen LogP contribution < -0.4 is 5.32 Å². The molecule has 0 saturated heterocycles. The average molecular weight is 293 g/mol. The second-order valence-electron chi connectivity index (χ2n) is 4.31. The molecule has 1 unspecified atom stereocenters. The third-order valence-electron chi connectivity index (χ3n) is 2.94. The van der Waals surface area contributed by atoms with E-state index < -0.39 is 40.7 Å². The van der Waals surface area contributed by atoms with Crippen LogP contribution in [0, 0.1) is 29.1 Å². The van der Waals surface area contributed by atoms with Crippen molar-refractivity contribution in [2.75, 3.05) is 6.54 Å². The first-order valence-corrected chi connectivity index (χ1v) is 6.31. The fraction of sp³-hybridized carbons (Fsp3) is 0.429. The van der Waals surface area contributed by atoms with Crippen molar-refractivity contribution >= 4 is 0 Å². The van der Waals surface area contributed by atoms with Crippen LogP contribution in [0.2, 0.25) is 0 Å². The van der Waals surface area contributed by atoms with Crippen LogP contribution in [0.5, 0.6) is 0 Å². The molecule has 0 aliphatic heterocycles. The molecule has 0 aliphatic carbocycles. The fourth-order valence-electron chi connectivity index (χ4n) is 1.99. The van der Waals surface area contributed by atoms with Crippen molar-refractivity contribution in [3.8, 4) is 0 Å². The van der Waals surface area contributed by atoms with E-state index in [4.69, 9.17) is 0 Å². The van der Waals surface area contributed by atoms with Crippen LogP contribution >= 0.6 is 0 Å². The topological polar surface area (TPSA) is 12.0 Å². The summed E-state index contributed by atoms with van der Waals surface area (Å²) in [7, 11) is 0. The van der Waals surface area contributed by atoms with E-state index in [1.165, 1.54) is 0 Å². The van der Waals surface area contributed by atoms with Crippen molar-refractivity contribution in [3.63, 3.8) is 0 Å². The average Bonchev–Trinajstić information content (AvgIpc) is 2.43. The first-order chi connectivity index (χ1) is 9.45. The van der Waals surface area contributed by atoms with E-state index in [1.807, 2.05) is 0 Å². The van der Waals surface area contributed by atoms with Crippen molar-refractivity contribution in [1.29, 1.82) is 0 Å². The first kappa shape index (κ1) is 16.6. The number of benzene rings is 1. The van der Waals surface area contributed by atoms with E-state index in [9.17, 15) is 22.0 Å². The Morgan fingerprint density at radius 1 is 1.00 bits per heavy atom. The lowest BCUT2D eigenvalue weighted by atomic mass is 9.99. The van der Waals surface area contributed by atoms with Crippen LogP contribution in [0.3, 0.4) is 0 Å². The van der Waals surface area contributed by atoms with Gasteiger partial charge >= 0.3 is 0 Å². The predicted molar refractivity (Wildman–Crippen MR) is 66.7 cm³/mol.